The molecule has 0 heterocycles. The largest absolute Gasteiger partial charge is 0.497 e. The highest BCUT2D eigenvalue weighted by atomic mass is 28.3. The second-order valence-electron chi connectivity index (χ2n) is 6.11. The van der Waals surface area contributed by atoms with Crippen molar-refractivity contribution in [3.05, 3.63) is 48.6 Å². The molecule has 0 aliphatic rings. The van der Waals surface area contributed by atoms with Crippen LogP contribution in [0.15, 0.2) is 43.0 Å². The van der Waals surface area contributed by atoms with Crippen LogP contribution in [0.5, 0.6) is 5.75 Å². The van der Waals surface area contributed by atoms with Gasteiger partial charge in [0.1, 0.15) is 5.75 Å². The molecule has 1 rings (SSSR count). The Morgan fingerprint density at radius 1 is 1.16 bits per heavy atom. The summed E-state index contributed by atoms with van der Waals surface area (Å²) in [6, 6.07) is 9.39. The zero-order valence-corrected chi connectivity index (χ0v) is 13.7. The van der Waals surface area contributed by atoms with Gasteiger partial charge >= 0.3 is 0 Å². The molecule has 2 heteroatoms. The number of rotatable bonds is 7. The SMILES string of the molecule is C=C(CC/C=C/C[Si](C)(C)C)c1ccc(OC)cc1. The molecule has 1 aromatic rings. The van der Waals surface area contributed by atoms with Crippen molar-refractivity contribution in [3.63, 3.8) is 0 Å². The Kier molecular flexibility index (Phi) is 6.09. The topological polar surface area (TPSA) is 9.23 Å². The molecule has 0 amide bonds. The van der Waals surface area contributed by atoms with Crippen molar-refractivity contribution in [2.24, 2.45) is 0 Å². The fraction of sp³-hybridized carbons (Fsp3) is 0.412. The molecule has 0 atom stereocenters. The van der Waals surface area contributed by atoms with E-state index in [-0.39, 0.29) is 0 Å². The van der Waals surface area contributed by atoms with E-state index >= 15 is 0 Å². The van der Waals surface area contributed by atoms with Crippen LogP contribution in [0.3, 0.4) is 0 Å². The van der Waals surface area contributed by atoms with Gasteiger partial charge in [0.25, 0.3) is 0 Å². The van der Waals surface area contributed by atoms with E-state index < -0.39 is 8.07 Å². The minimum atomic E-state index is -0.932. The molecular formula is C17H26OSi. The van der Waals surface area contributed by atoms with Crippen LogP contribution in [0.1, 0.15) is 18.4 Å². The van der Waals surface area contributed by atoms with Gasteiger partial charge in [-0.15, -0.1) is 0 Å². The van der Waals surface area contributed by atoms with Gasteiger partial charge in [-0.05, 0) is 42.2 Å². The Bertz CT molecular complexity index is 424. The minimum Gasteiger partial charge on any atom is -0.497 e. The van der Waals surface area contributed by atoms with Gasteiger partial charge in [-0.3, -0.25) is 0 Å². The van der Waals surface area contributed by atoms with E-state index in [0.29, 0.717) is 0 Å². The lowest BCUT2D eigenvalue weighted by atomic mass is 10.0. The molecule has 19 heavy (non-hydrogen) atoms. The first-order valence-electron chi connectivity index (χ1n) is 6.89. The van der Waals surface area contributed by atoms with Crippen molar-refractivity contribution in [2.45, 2.75) is 38.5 Å². The Morgan fingerprint density at radius 2 is 1.79 bits per heavy atom. The lowest BCUT2D eigenvalue weighted by Gasteiger charge is -2.11. The molecule has 0 bridgehead atoms. The van der Waals surface area contributed by atoms with Crippen molar-refractivity contribution < 1.29 is 4.74 Å². The van der Waals surface area contributed by atoms with Crippen LogP contribution in [0.4, 0.5) is 0 Å². The van der Waals surface area contributed by atoms with Crippen LogP contribution in [-0.4, -0.2) is 15.2 Å². The van der Waals surface area contributed by atoms with Crippen LogP contribution in [0.2, 0.25) is 25.7 Å². The Hall–Kier alpha value is -1.28. The molecule has 0 fully saturated rings. The first-order valence-corrected chi connectivity index (χ1v) is 10.6. The van der Waals surface area contributed by atoms with Crippen molar-refractivity contribution in [1.29, 1.82) is 0 Å². The summed E-state index contributed by atoms with van der Waals surface area (Å²) < 4.78 is 5.16. The minimum absolute atomic E-state index is 0.895. The van der Waals surface area contributed by atoms with Gasteiger partial charge in [-0.25, -0.2) is 0 Å². The van der Waals surface area contributed by atoms with Gasteiger partial charge in [0, 0.05) is 8.07 Å². The molecule has 0 spiro atoms. The summed E-state index contributed by atoms with van der Waals surface area (Å²) in [6.07, 6.45) is 6.74. The molecule has 0 aliphatic carbocycles. The summed E-state index contributed by atoms with van der Waals surface area (Å²) in [4.78, 5) is 0. The number of ether oxygens (including phenoxy) is 1. The Morgan fingerprint density at radius 3 is 2.32 bits per heavy atom. The zero-order chi connectivity index (χ0) is 14.3. The fourth-order valence-corrected chi connectivity index (χ4v) is 2.66. The molecule has 0 N–H and O–H groups in total. The molecule has 0 saturated carbocycles. The normalized spacial score (nSPS) is 11.8. The van der Waals surface area contributed by atoms with E-state index in [2.05, 4.69) is 50.5 Å². The first kappa shape index (κ1) is 15.8. The zero-order valence-electron chi connectivity index (χ0n) is 12.7. The van der Waals surface area contributed by atoms with E-state index in [1.54, 1.807) is 7.11 Å². The second kappa shape index (κ2) is 7.34. The first-order chi connectivity index (χ1) is 8.92. The lowest BCUT2D eigenvalue weighted by Crippen LogP contribution is -2.17. The van der Waals surface area contributed by atoms with Crippen LogP contribution < -0.4 is 4.74 Å². The maximum atomic E-state index is 5.16. The van der Waals surface area contributed by atoms with Gasteiger partial charge in [0.2, 0.25) is 0 Å². The Balaban J connectivity index is 2.38. The molecule has 1 nitrogen and oxygen atoms in total. The van der Waals surface area contributed by atoms with Gasteiger partial charge in [0.05, 0.1) is 7.11 Å². The highest BCUT2D eigenvalue weighted by Gasteiger charge is 2.09. The van der Waals surface area contributed by atoms with Crippen molar-refractivity contribution in [2.75, 3.05) is 7.11 Å². The van der Waals surface area contributed by atoms with Gasteiger partial charge < -0.3 is 4.74 Å². The molecular weight excluding hydrogens is 248 g/mol. The molecule has 0 radical (unpaired) electrons. The summed E-state index contributed by atoms with van der Waals surface area (Å²) in [6.45, 7) is 11.4. The van der Waals surface area contributed by atoms with E-state index in [9.17, 15) is 0 Å². The van der Waals surface area contributed by atoms with E-state index in [1.807, 2.05) is 12.1 Å². The number of hydrogen-bond acceptors (Lipinski definition) is 1. The van der Waals surface area contributed by atoms with Crippen molar-refractivity contribution in [3.8, 4) is 5.75 Å². The smallest absolute Gasteiger partial charge is 0.118 e. The number of benzene rings is 1. The molecule has 1 aromatic carbocycles. The monoisotopic (exact) mass is 274 g/mol. The Labute approximate surface area is 119 Å². The fourth-order valence-electron chi connectivity index (χ4n) is 1.78. The summed E-state index contributed by atoms with van der Waals surface area (Å²) in [5.41, 5.74) is 2.40. The quantitative estimate of drug-likeness (QED) is 0.479. The molecule has 104 valence electrons. The third kappa shape index (κ3) is 6.44. The number of hydrogen-bond donors (Lipinski definition) is 0. The molecule has 0 unspecified atom stereocenters. The van der Waals surface area contributed by atoms with Crippen molar-refractivity contribution >= 4 is 13.6 Å². The predicted molar refractivity (Wildman–Crippen MR) is 88.6 cm³/mol. The highest BCUT2D eigenvalue weighted by Crippen LogP contribution is 2.21. The number of methoxy groups -OCH3 is 1. The van der Waals surface area contributed by atoms with Crippen LogP contribution in [0.25, 0.3) is 5.57 Å². The summed E-state index contributed by atoms with van der Waals surface area (Å²) >= 11 is 0. The van der Waals surface area contributed by atoms with Crippen molar-refractivity contribution in [1.82, 2.24) is 0 Å². The predicted octanol–water partition coefficient (Wildman–Crippen LogP) is 5.38. The van der Waals surface area contributed by atoms with E-state index in [0.717, 1.165) is 18.6 Å². The van der Waals surface area contributed by atoms with E-state index in [1.165, 1.54) is 17.2 Å². The third-order valence-electron chi connectivity index (χ3n) is 3.01. The third-order valence-corrected chi connectivity index (χ3v) is 4.47. The lowest BCUT2D eigenvalue weighted by molar-refractivity contribution is 0.415. The molecule has 0 aromatic heterocycles. The van der Waals surface area contributed by atoms with E-state index in [4.69, 9.17) is 4.74 Å². The summed E-state index contributed by atoms with van der Waals surface area (Å²) in [5.74, 6) is 0.895. The summed E-state index contributed by atoms with van der Waals surface area (Å²) in [5, 5.41) is 0. The van der Waals surface area contributed by atoms with Crippen LogP contribution >= 0.6 is 0 Å². The maximum absolute atomic E-state index is 5.16. The van der Waals surface area contributed by atoms with Gasteiger partial charge in [0.15, 0.2) is 0 Å². The number of allylic oxidation sites excluding steroid dienone is 3. The molecule has 0 aliphatic heterocycles. The summed E-state index contributed by atoms with van der Waals surface area (Å²) in [7, 11) is 0.756. The van der Waals surface area contributed by atoms with Gasteiger partial charge in [-0.2, -0.15) is 0 Å². The standard InChI is InChI=1S/C17H26OSi/c1-15(9-7-6-8-14-19(3,4)5)16-10-12-17(18-2)13-11-16/h6,8,10-13H,1,7,9,14H2,2-5H3/b8-6+. The molecule has 0 saturated heterocycles. The second-order valence-corrected chi connectivity index (χ2v) is 11.6. The highest BCUT2D eigenvalue weighted by molar-refractivity contribution is 6.76. The van der Waals surface area contributed by atoms with Crippen LogP contribution in [-0.2, 0) is 0 Å². The maximum Gasteiger partial charge on any atom is 0.118 e. The average molecular weight is 274 g/mol. The van der Waals surface area contributed by atoms with Crippen LogP contribution in [0, 0.1) is 0 Å². The van der Waals surface area contributed by atoms with Gasteiger partial charge in [-0.1, -0.05) is 50.5 Å². The average Bonchev–Trinajstić information content (AvgIpc) is 2.37.